The monoisotopic (exact) mass is 393 g/mol. The predicted octanol–water partition coefficient (Wildman–Crippen LogP) is 2.67. The molecule has 0 N–H and O–H groups in total. The SMILES string of the molecule is Cc1cc(CN2CCCN(S(=O)(=O)c3ccc(OC(C)C)cc3)CC2)no1. The fourth-order valence-electron chi connectivity index (χ4n) is 3.18. The molecule has 0 aliphatic carbocycles. The third kappa shape index (κ3) is 5.09. The van der Waals surface area contributed by atoms with Gasteiger partial charge in [0.05, 0.1) is 16.7 Å². The topological polar surface area (TPSA) is 75.9 Å². The zero-order valence-corrected chi connectivity index (χ0v) is 16.9. The maximum Gasteiger partial charge on any atom is 0.243 e. The summed E-state index contributed by atoms with van der Waals surface area (Å²) in [5, 5.41) is 4.02. The second kappa shape index (κ2) is 8.41. The fourth-order valence-corrected chi connectivity index (χ4v) is 4.65. The van der Waals surface area contributed by atoms with Crippen LogP contribution in [0.1, 0.15) is 31.7 Å². The van der Waals surface area contributed by atoms with Gasteiger partial charge in [-0.25, -0.2) is 8.42 Å². The third-order valence-electron chi connectivity index (χ3n) is 4.44. The standard InChI is InChI=1S/C19H27N3O4S/c1-15(2)25-18-5-7-19(8-6-18)27(23,24)22-10-4-9-21(11-12-22)14-17-13-16(3)26-20-17/h5-8,13,15H,4,9-12,14H2,1-3H3. The van der Waals surface area contributed by atoms with Crippen LogP contribution < -0.4 is 4.74 Å². The van der Waals surface area contributed by atoms with E-state index in [0.717, 1.165) is 24.4 Å². The lowest BCUT2D eigenvalue weighted by atomic mass is 10.3. The molecule has 2 aromatic rings. The molecular weight excluding hydrogens is 366 g/mol. The van der Waals surface area contributed by atoms with E-state index in [1.165, 1.54) is 0 Å². The first-order valence-electron chi connectivity index (χ1n) is 9.26. The molecule has 1 saturated heterocycles. The van der Waals surface area contributed by atoms with Crippen molar-refractivity contribution in [2.75, 3.05) is 26.2 Å². The van der Waals surface area contributed by atoms with E-state index in [2.05, 4.69) is 10.1 Å². The van der Waals surface area contributed by atoms with Crippen molar-refractivity contribution >= 4 is 10.0 Å². The first-order valence-corrected chi connectivity index (χ1v) is 10.7. The van der Waals surface area contributed by atoms with Crippen LogP contribution in [0.2, 0.25) is 0 Å². The summed E-state index contributed by atoms with van der Waals surface area (Å²) in [5.74, 6) is 1.46. The molecule has 1 fully saturated rings. The normalized spacial score (nSPS) is 17.2. The Kier molecular flexibility index (Phi) is 6.18. The van der Waals surface area contributed by atoms with E-state index in [1.54, 1.807) is 28.6 Å². The molecule has 3 rings (SSSR count). The molecular formula is C19H27N3O4S. The van der Waals surface area contributed by atoms with E-state index in [4.69, 9.17) is 9.26 Å². The predicted molar refractivity (Wildman–Crippen MR) is 102 cm³/mol. The number of hydrogen-bond donors (Lipinski definition) is 0. The van der Waals surface area contributed by atoms with Crippen LogP contribution in [0.25, 0.3) is 0 Å². The molecule has 0 atom stereocenters. The molecule has 1 aliphatic rings. The average Bonchev–Trinajstić information content (AvgIpc) is 2.87. The molecule has 0 spiro atoms. The highest BCUT2D eigenvalue weighted by molar-refractivity contribution is 7.89. The van der Waals surface area contributed by atoms with Gasteiger partial charge >= 0.3 is 0 Å². The Balaban J connectivity index is 1.64. The van der Waals surface area contributed by atoms with Crippen molar-refractivity contribution in [2.24, 2.45) is 0 Å². The first-order chi connectivity index (χ1) is 12.8. The van der Waals surface area contributed by atoms with Crippen LogP contribution in [0.15, 0.2) is 39.8 Å². The lowest BCUT2D eigenvalue weighted by Crippen LogP contribution is -2.35. The van der Waals surface area contributed by atoms with E-state index in [-0.39, 0.29) is 6.10 Å². The van der Waals surface area contributed by atoms with Crippen molar-refractivity contribution in [2.45, 2.75) is 44.7 Å². The van der Waals surface area contributed by atoms with Crippen LogP contribution in [-0.4, -0.2) is 55.1 Å². The third-order valence-corrected chi connectivity index (χ3v) is 6.36. The largest absolute Gasteiger partial charge is 0.491 e. The number of sulfonamides is 1. The molecule has 7 nitrogen and oxygen atoms in total. The lowest BCUT2D eigenvalue weighted by molar-refractivity contribution is 0.242. The van der Waals surface area contributed by atoms with Gasteiger partial charge in [-0.1, -0.05) is 5.16 Å². The average molecular weight is 394 g/mol. The zero-order valence-electron chi connectivity index (χ0n) is 16.1. The van der Waals surface area contributed by atoms with Gasteiger partial charge in [0.25, 0.3) is 0 Å². The number of aromatic nitrogens is 1. The minimum absolute atomic E-state index is 0.0533. The highest BCUT2D eigenvalue weighted by Crippen LogP contribution is 2.22. The van der Waals surface area contributed by atoms with E-state index in [9.17, 15) is 8.42 Å². The Morgan fingerprint density at radius 2 is 1.89 bits per heavy atom. The second-order valence-electron chi connectivity index (χ2n) is 7.10. The summed E-state index contributed by atoms with van der Waals surface area (Å²) in [4.78, 5) is 2.52. The van der Waals surface area contributed by atoms with Crippen molar-refractivity contribution in [3.63, 3.8) is 0 Å². The maximum atomic E-state index is 13.0. The maximum absolute atomic E-state index is 13.0. The molecule has 0 unspecified atom stereocenters. The van der Waals surface area contributed by atoms with Crippen LogP contribution in [0, 0.1) is 6.92 Å². The zero-order chi connectivity index (χ0) is 19.4. The number of ether oxygens (including phenoxy) is 1. The van der Waals surface area contributed by atoms with Gasteiger partial charge in [-0.15, -0.1) is 0 Å². The van der Waals surface area contributed by atoms with Gasteiger partial charge in [0.1, 0.15) is 11.5 Å². The Bertz CT molecular complexity index is 846. The van der Waals surface area contributed by atoms with E-state index < -0.39 is 10.0 Å². The number of hydrogen-bond acceptors (Lipinski definition) is 6. The Morgan fingerprint density at radius 1 is 1.15 bits per heavy atom. The summed E-state index contributed by atoms with van der Waals surface area (Å²) in [7, 11) is -3.51. The molecule has 148 valence electrons. The molecule has 0 saturated carbocycles. The summed E-state index contributed by atoms with van der Waals surface area (Å²) < 4.78 is 38.2. The molecule has 8 heteroatoms. The number of aryl methyl sites for hydroxylation is 1. The fraction of sp³-hybridized carbons (Fsp3) is 0.526. The van der Waals surface area contributed by atoms with Crippen LogP contribution in [0.3, 0.4) is 0 Å². The molecule has 2 heterocycles. The van der Waals surface area contributed by atoms with Crippen LogP contribution in [-0.2, 0) is 16.6 Å². The van der Waals surface area contributed by atoms with Crippen molar-refractivity contribution in [3.05, 3.63) is 41.8 Å². The smallest absolute Gasteiger partial charge is 0.243 e. The van der Waals surface area contributed by atoms with Crippen molar-refractivity contribution in [1.29, 1.82) is 0 Å². The summed E-state index contributed by atoms with van der Waals surface area (Å²) in [5.41, 5.74) is 0.879. The van der Waals surface area contributed by atoms with Gasteiger partial charge in [-0.2, -0.15) is 4.31 Å². The van der Waals surface area contributed by atoms with Crippen LogP contribution in [0.4, 0.5) is 0 Å². The highest BCUT2D eigenvalue weighted by atomic mass is 32.2. The Labute approximate surface area is 160 Å². The van der Waals surface area contributed by atoms with Gasteiger partial charge in [0.2, 0.25) is 10.0 Å². The number of rotatable bonds is 6. The molecule has 1 aromatic carbocycles. The molecule has 1 aromatic heterocycles. The number of nitrogens with zero attached hydrogens (tertiary/aromatic N) is 3. The summed E-state index contributed by atoms with van der Waals surface area (Å²) in [6.45, 7) is 8.89. The van der Waals surface area contributed by atoms with Crippen molar-refractivity contribution < 1.29 is 17.7 Å². The van der Waals surface area contributed by atoms with Gasteiger partial charge in [0.15, 0.2) is 0 Å². The summed E-state index contributed by atoms with van der Waals surface area (Å²) in [6, 6.07) is 8.58. The molecule has 0 amide bonds. The van der Waals surface area contributed by atoms with E-state index >= 15 is 0 Å². The summed E-state index contributed by atoms with van der Waals surface area (Å²) >= 11 is 0. The minimum Gasteiger partial charge on any atom is -0.491 e. The lowest BCUT2D eigenvalue weighted by Gasteiger charge is -2.21. The van der Waals surface area contributed by atoms with E-state index in [1.807, 2.05) is 26.8 Å². The van der Waals surface area contributed by atoms with Gasteiger partial charge in [-0.3, -0.25) is 4.90 Å². The Hall–Kier alpha value is -1.90. The van der Waals surface area contributed by atoms with Crippen molar-refractivity contribution in [1.82, 2.24) is 14.4 Å². The van der Waals surface area contributed by atoms with Crippen LogP contribution in [0.5, 0.6) is 5.75 Å². The van der Waals surface area contributed by atoms with Gasteiger partial charge < -0.3 is 9.26 Å². The van der Waals surface area contributed by atoms with Crippen LogP contribution >= 0.6 is 0 Å². The molecule has 0 bridgehead atoms. The minimum atomic E-state index is -3.51. The molecule has 27 heavy (non-hydrogen) atoms. The first kappa shape index (κ1) is 19.9. The Morgan fingerprint density at radius 3 is 2.52 bits per heavy atom. The second-order valence-corrected chi connectivity index (χ2v) is 9.04. The quantitative estimate of drug-likeness (QED) is 0.751. The van der Waals surface area contributed by atoms with Gasteiger partial charge in [-0.05, 0) is 58.0 Å². The molecule has 0 radical (unpaired) electrons. The van der Waals surface area contributed by atoms with Crippen molar-refractivity contribution in [3.8, 4) is 5.75 Å². The van der Waals surface area contributed by atoms with E-state index in [0.29, 0.717) is 36.8 Å². The highest BCUT2D eigenvalue weighted by Gasteiger charge is 2.27. The summed E-state index contributed by atoms with van der Waals surface area (Å²) in [6.07, 6.45) is 0.836. The molecule has 1 aliphatic heterocycles. The van der Waals surface area contributed by atoms with Gasteiger partial charge in [0, 0.05) is 32.2 Å². The number of benzene rings is 1.